The predicted molar refractivity (Wildman–Crippen MR) is 240 cm³/mol. The second kappa shape index (κ2) is 12.2. The molecule has 0 saturated carbocycles. The van der Waals surface area contributed by atoms with Gasteiger partial charge in [-0.1, -0.05) is 127 Å². The molecule has 58 heavy (non-hydrogen) atoms. The van der Waals surface area contributed by atoms with Crippen LogP contribution in [0.2, 0.25) is 0 Å². The van der Waals surface area contributed by atoms with E-state index in [1.807, 2.05) is 12.2 Å². The Bertz CT molecular complexity index is 3740. The first kappa shape index (κ1) is 32.2. The molecule has 8 aromatic carbocycles. The van der Waals surface area contributed by atoms with E-state index >= 15 is 0 Å². The maximum atomic E-state index is 11.1. The van der Waals surface area contributed by atoms with Gasteiger partial charge in [-0.15, -0.1) is 0 Å². The zero-order valence-corrected chi connectivity index (χ0v) is 31.2. The first-order chi connectivity index (χ1) is 28.7. The Balaban J connectivity index is 1.20. The maximum Gasteiger partial charge on any atom is 0.101 e. The Morgan fingerprint density at radius 3 is 1.55 bits per heavy atom. The molecule has 0 N–H and O–H groups in total. The largest absolute Gasteiger partial charge is 0.311 e. The predicted octanol–water partition coefficient (Wildman–Crippen LogP) is 13.4. The van der Waals surface area contributed by atoms with E-state index in [4.69, 9.17) is 0 Å². The normalized spacial score (nSPS) is 13.6. The molecule has 0 bridgehead atoms. The number of hydrogen-bond acceptors (Lipinski definition) is 2. The summed E-state index contributed by atoms with van der Waals surface area (Å²) in [5.74, 6) is 0. The van der Waals surface area contributed by atoms with Gasteiger partial charge in [0.1, 0.15) is 12.1 Å². The van der Waals surface area contributed by atoms with Gasteiger partial charge in [0.15, 0.2) is 0 Å². The highest BCUT2D eigenvalue weighted by molar-refractivity contribution is 6.26. The molecule has 0 unspecified atom stereocenters. The molecule has 0 spiro atoms. The number of nitrogens with zero attached hydrogens (tertiary/aromatic N) is 5. The number of allylic oxidation sites excluding steroid dienone is 6. The lowest BCUT2D eigenvalue weighted by Gasteiger charge is -2.13. The van der Waals surface area contributed by atoms with Crippen molar-refractivity contribution in [2.45, 2.75) is 6.42 Å². The Labute approximate surface area is 332 Å². The molecule has 268 valence electrons. The number of benzene rings is 8. The third-order valence-corrected chi connectivity index (χ3v) is 12.2. The lowest BCUT2D eigenvalue weighted by atomic mass is 10.0. The molecule has 1 aliphatic rings. The van der Waals surface area contributed by atoms with Gasteiger partial charge in [-0.05, 0) is 70.1 Å². The van der Waals surface area contributed by atoms with Crippen molar-refractivity contribution in [3.8, 4) is 17.8 Å². The number of para-hydroxylation sites is 3. The molecule has 0 atom stereocenters. The van der Waals surface area contributed by atoms with Gasteiger partial charge in [0.05, 0.1) is 55.6 Å². The molecule has 5 nitrogen and oxygen atoms in total. The van der Waals surface area contributed by atoms with Crippen LogP contribution in [-0.4, -0.2) is 13.7 Å². The van der Waals surface area contributed by atoms with Gasteiger partial charge < -0.3 is 13.7 Å². The van der Waals surface area contributed by atoms with Crippen LogP contribution in [0.4, 0.5) is 0 Å². The second-order valence-corrected chi connectivity index (χ2v) is 15.0. The highest BCUT2D eigenvalue weighted by Crippen LogP contribution is 2.45. The Morgan fingerprint density at radius 1 is 0.397 bits per heavy atom. The van der Waals surface area contributed by atoms with Crippen LogP contribution in [0.15, 0.2) is 187 Å². The molecular formula is C53H31N5. The van der Waals surface area contributed by atoms with Gasteiger partial charge in [0.25, 0.3) is 0 Å². The van der Waals surface area contributed by atoms with Crippen LogP contribution in [0, 0.1) is 22.7 Å². The molecular weight excluding hydrogens is 707 g/mol. The van der Waals surface area contributed by atoms with E-state index < -0.39 is 0 Å². The first-order valence-corrected chi connectivity index (χ1v) is 19.5. The van der Waals surface area contributed by atoms with Gasteiger partial charge in [-0.3, -0.25) is 0 Å². The van der Waals surface area contributed by atoms with Gasteiger partial charge in [-0.2, -0.15) is 10.5 Å². The van der Waals surface area contributed by atoms with Crippen LogP contribution in [0.25, 0.3) is 104 Å². The van der Waals surface area contributed by atoms with Crippen LogP contribution >= 0.6 is 0 Å². The fourth-order valence-corrected chi connectivity index (χ4v) is 9.78. The Morgan fingerprint density at radius 2 is 0.914 bits per heavy atom. The lowest BCUT2D eigenvalue weighted by Crippen LogP contribution is -2.01. The molecule has 3 heterocycles. The smallest absolute Gasteiger partial charge is 0.101 e. The maximum absolute atomic E-state index is 11.1. The van der Waals surface area contributed by atoms with Gasteiger partial charge in [-0.25, -0.2) is 0 Å². The van der Waals surface area contributed by atoms with Crippen LogP contribution in [0.5, 0.6) is 0 Å². The molecule has 3 aromatic heterocycles. The van der Waals surface area contributed by atoms with E-state index in [1.165, 1.54) is 21.5 Å². The van der Waals surface area contributed by atoms with E-state index in [2.05, 4.69) is 190 Å². The van der Waals surface area contributed by atoms with Crippen LogP contribution in [0.3, 0.4) is 0 Å². The summed E-state index contributed by atoms with van der Waals surface area (Å²) in [6.45, 7) is 0. The van der Waals surface area contributed by atoms with Crippen LogP contribution in [-0.2, 0) is 0 Å². The molecule has 1 aliphatic carbocycles. The van der Waals surface area contributed by atoms with E-state index in [1.54, 1.807) is 0 Å². The summed E-state index contributed by atoms with van der Waals surface area (Å²) in [5, 5.41) is 33.6. The minimum atomic E-state index is 0.402. The van der Waals surface area contributed by atoms with Crippen molar-refractivity contribution in [1.29, 1.82) is 10.5 Å². The number of rotatable bonds is 3. The van der Waals surface area contributed by atoms with Crippen molar-refractivity contribution >= 4 is 98.4 Å². The van der Waals surface area contributed by atoms with E-state index in [9.17, 15) is 10.5 Å². The quantitative estimate of drug-likeness (QED) is 0.181. The van der Waals surface area contributed by atoms with Crippen molar-refractivity contribution in [2.24, 2.45) is 0 Å². The summed E-state index contributed by atoms with van der Waals surface area (Å²) in [4.78, 5) is 0. The molecule has 12 rings (SSSR count). The Kier molecular flexibility index (Phi) is 6.76. The summed E-state index contributed by atoms with van der Waals surface area (Å²) in [6.07, 6.45) is 4.35. The molecule has 0 amide bonds. The average Bonchev–Trinajstić information content (AvgIpc) is 3.88. The van der Waals surface area contributed by atoms with Crippen LogP contribution in [0.1, 0.15) is 6.42 Å². The van der Waals surface area contributed by atoms with Gasteiger partial charge in [0.2, 0.25) is 0 Å². The zero-order chi connectivity index (χ0) is 38.5. The third-order valence-electron chi connectivity index (χ3n) is 12.2. The van der Waals surface area contributed by atoms with E-state index in [0.29, 0.717) is 23.3 Å². The van der Waals surface area contributed by atoms with Crippen molar-refractivity contribution in [3.63, 3.8) is 0 Å². The minimum absolute atomic E-state index is 0.402. The van der Waals surface area contributed by atoms with Gasteiger partial charge in [0, 0.05) is 44.4 Å². The van der Waals surface area contributed by atoms with E-state index in [-0.39, 0.29) is 0 Å². The molecule has 0 saturated heterocycles. The number of hydrogen-bond donors (Lipinski definition) is 0. The standard InChI is InChI=1S/C53H31N5/c54-31-35-26-27-42(56-45-21-10-7-18-41(45)51-37-14-3-1-12-33(37)24-28-48(51)56)36(32-55)30-50(35)58-47-23-11-22-46(53(47)52-38-15-4-2-13-34(38)25-29-49(52)58)57-43-19-8-5-16-39(43)40-17-6-9-20-44(40)57/h1-26,28-30H,27H2. The van der Waals surface area contributed by atoms with E-state index in [0.717, 1.165) is 76.8 Å². The van der Waals surface area contributed by atoms with Crippen molar-refractivity contribution in [1.82, 2.24) is 13.7 Å². The van der Waals surface area contributed by atoms with Crippen molar-refractivity contribution in [2.75, 3.05) is 0 Å². The van der Waals surface area contributed by atoms with Crippen molar-refractivity contribution in [3.05, 3.63) is 187 Å². The summed E-state index contributed by atoms with van der Waals surface area (Å²) in [5.41, 5.74) is 9.85. The molecule has 0 fully saturated rings. The topological polar surface area (TPSA) is 62.4 Å². The Hall–Kier alpha value is -8.12. The summed E-state index contributed by atoms with van der Waals surface area (Å²) >= 11 is 0. The summed E-state index contributed by atoms with van der Waals surface area (Å²) in [6, 6.07) is 62.9. The fourth-order valence-electron chi connectivity index (χ4n) is 9.78. The lowest BCUT2D eigenvalue weighted by molar-refractivity contribution is 1.13. The summed E-state index contributed by atoms with van der Waals surface area (Å²) in [7, 11) is 0. The van der Waals surface area contributed by atoms with Crippen molar-refractivity contribution < 1.29 is 0 Å². The monoisotopic (exact) mass is 737 g/mol. The number of aromatic nitrogens is 3. The summed E-state index contributed by atoms with van der Waals surface area (Å²) < 4.78 is 6.83. The highest BCUT2D eigenvalue weighted by atomic mass is 15.0. The number of fused-ring (bicyclic) bond motifs is 13. The number of nitriles is 2. The molecule has 11 aromatic rings. The second-order valence-electron chi connectivity index (χ2n) is 15.0. The molecule has 0 radical (unpaired) electrons. The molecule has 5 heteroatoms. The SMILES string of the molecule is N#CC1=CCC(n2c3ccccc3c3c4ccccc4ccc32)=C(C#N)C=C1n1c2cccc(-n3c4ccccc4c4ccccc43)c2c2c3ccccc3ccc21. The van der Waals surface area contributed by atoms with Gasteiger partial charge >= 0.3 is 0 Å². The fraction of sp³-hybridized carbons (Fsp3) is 0.0189. The van der Waals surface area contributed by atoms with Crippen LogP contribution < -0.4 is 0 Å². The highest BCUT2D eigenvalue weighted by Gasteiger charge is 2.26. The first-order valence-electron chi connectivity index (χ1n) is 19.5. The molecule has 0 aliphatic heterocycles. The zero-order valence-electron chi connectivity index (χ0n) is 31.2. The third kappa shape index (κ3) is 4.33. The minimum Gasteiger partial charge on any atom is -0.311 e. The average molecular weight is 738 g/mol.